The van der Waals surface area contributed by atoms with Gasteiger partial charge >= 0.3 is 5.97 Å². The number of halogens is 1. The number of fused-ring (bicyclic) bond motifs is 1. The van der Waals surface area contributed by atoms with Crippen LogP contribution in [0.4, 0.5) is 0 Å². The fourth-order valence-corrected chi connectivity index (χ4v) is 3.71. The van der Waals surface area contributed by atoms with Crippen LogP contribution in [0.5, 0.6) is 11.5 Å². The van der Waals surface area contributed by atoms with Gasteiger partial charge in [-0.2, -0.15) is 0 Å². The standard InChI is InChI=1S/C23H28ClN3O6/c24-22-17-13-16(26-33-15-20(30)27-10-8-25-9-11-27)7-5-3-1-2-4-6-12-32-23(31)21(17)18(28)14-19(22)29/h2,4-5,7,14,25,28-29H,1,3,6,8-13,15H2. The Balaban J connectivity index is 1.86. The monoisotopic (exact) mass is 477 g/mol. The zero-order valence-corrected chi connectivity index (χ0v) is 19.0. The van der Waals surface area contributed by atoms with Crippen LogP contribution in [0.1, 0.15) is 35.2 Å². The summed E-state index contributed by atoms with van der Waals surface area (Å²) in [5, 5.41) is 27.6. The first kappa shape index (κ1) is 24.6. The maximum Gasteiger partial charge on any atom is 0.342 e. The summed E-state index contributed by atoms with van der Waals surface area (Å²) in [4.78, 5) is 32.0. The van der Waals surface area contributed by atoms with E-state index in [4.69, 9.17) is 21.2 Å². The minimum Gasteiger partial charge on any atom is -0.507 e. The van der Waals surface area contributed by atoms with Gasteiger partial charge in [-0.3, -0.25) is 4.79 Å². The second-order valence-corrected chi connectivity index (χ2v) is 8.00. The minimum absolute atomic E-state index is 0.0284. The molecule has 0 saturated carbocycles. The number of nitrogens with one attached hydrogen (secondary N) is 1. The third kappa shape index (κ3) is 6.97. The molecule has 2 aliphatic rings. The van der Waals surface area contributed by atoms with Crippen molar-refractivity contribution in [2.45, 2.75) is 25.7 Å². The molecule has 2 aliphatic heterocycles. The average molecular weight is 478 g/mol. The largest absolute Gasteiger partial charge is 0.507 e. The molecule has 3 rings (SSSR count). The molecular formula is C23H28ClN3O6. The van der Waals surface area contributed by atoms with Crippen molar-refractivity contribution in [2.75, 3.05) is 39.4 Å². The molecule has 1 aromatic rings. The number of allylic oxidation sites excluding steroid dienone is 3. The predicted octanol–water partition coefficient (Wildman–Crippen LogP) is 2.55. The van der Waals surface area contributed by atoms with Gasteiger partial charge in [0.2, 0.25) is 0 Å². The van der Waals surface area contributed by atoms with Crippen LogP contribution >= 0.6 is 11.6 Å². The Kier molecular flexibility index (Phi) is 9.14. The molecule has 0 unspecified atom stereocenters. The van der Waals surface area contributed by atoms with Gasteiger partial charge in [-0.15, -0.1) is 0 Å². The summed E-state index contributed by atoms with van der Waals surface area (Å²) in [6, 6.07) is 1.00. The van der Waals surface area contributed by atoms with Gasteiger partial charge in [0.1, 0.15) is 17.1 Å². The molecule has 1 amide bonds. The van der Waals surface area contributed by atoms with Gasteiger partial charge in [0.05, 0.1) is 17.3 Å². The summed E-state index contributed by atoms with van der Waals surface area (Å²) in [5.74, 6) is -1.75. The molecule has 0 bridgehead atoms. The summed E-state index contributed by atoms with van der Waals surface area (Å²) in [5.41, 5.74) is 0.383. The molecular weight excluding hydrogens is 450 g/mol. The van der Waals surface area contributed by atoms with Crippen LogP contribution in [0.15, 0.2) is 35.5 Å². The molecule has 1 aromatic carbocycles. The van der Waals surface area contributed by atoms with Gasteiger partial charge in [0.25, 0.3) is 5.91 Å². The maximum absolute atomic E-state index is 12.7. The van der Waals surface area contributed by atoms with Crippen LogP contribution in [0.2, 0.25) is 5.02 Å². The molecule has 2 heterocycles. The Hall–Kier alpha value is -3.04. The number of phenols is 2. The molecule has 3 N–H and O–H groups in total. The molecule has 178 valence electrons. The molecule has 0 radical (unpaired) electrons. The number of amides is 1. The molecule has 1 saturated heterocycles. The van der Waals surface area contributed by atoms with Crippen molar-refractivity contribution in [3.8, 4) is 11.5 Å². The second kappa shape index (κ2) is 12.3. The number of carbonyl (C=O) groups excluding carboxylic acids is 2. The van der Waals surface area contributed by atoms with Gasteiger partial charge in [0.15, 0.2) is 6.61 Å². The van der Waals surface area contributed by atoms with Crippen molar-refractivity contribution in [3.63, 3.8) is 0 Å². The van der Waals surface area contributed by atoms with Crippen molar-refractivity contribution in [2.24, 2.45) is 5.16 Å². The highest BCUT2D eigenvalue weighted by atomic mass is 35.5. The van der Waals surface area contributed by atoms with E-state index in [0.29, 0.717) is 25.2 Å². The Morgan fingerprint density at radius 2 is 1.88 bits per heavy atom. The first-order valence-electron chi connectivity index (χ1n) is 10.9. The van der Waals surface area contributed by atoms with Crippen LogP contribution < -0.4 is 5.32 Å². The van der Waals surface area contributed by atoms with E-state index in [9.17, 15) is 19.8 Å². The number of oxime groups is 1. The van der Waals surface area contributed by atoms with Crippen molar-refractivity contribution in [1.82, 2.24) is 10.2 Å². The van der Waals surface area contributed by atoms with E-state index in [1.807, 2.05) is 18.2 Å². The van der Waals surface area contributed by atoms with E-state index >= 15 is 0 Å². The van der Waals surface area contributed by atoms with E-state index in [1.54, 1.807) is 11.0 Å². The normalized spacial score (nSPS) is 19.0. The Labute approximate surface area is 197 Å². The van der Waals surface area contributed by atoms with Crippen molar-refractivity contribution in [3.05, 3.63) is 46.5 Å². The predicted molar refractivity (Wildman–Crippen MR) is 124 cm³/mol. The van der Waals surface area contributed by atoms with Crippen LogP contribution in [0, 0.1) is 0 Å². The summed E-state index contributed by atoms with van der Waals surface area (Å²) >= 11 is 6.28. The van der Waals surface area contributed by atoms with Crippen molar-refractivity contribution >= 4 is 29.2 Å². The number of hydrogen-bond acceptors (Lipinski definition) is 8. The highest BCUT2D eigenvalue weighted by molar-refractivity contribution is 6.33. The molecule has 33 heavy (non-hydrogen) atoms. The molecule has 10 heteroatoms. The number of nitrogens with zero attached hydrogens (tertiary/aromatic N) is 2. The quantitative estimate of drug-likeness (QED) is 0.347. The smallest absolute Gasteiger partial charge is 0.342 e. The number of ether oxygens (including phenoxy) is 1. The maximum atomic E-state index is 12.7. The third-order valence-corrected chi connectivity index (χ3v) is 5.64. The van der Waals surface area contributed by atoms with Gasteiger partial charge < -0.3 is 30.0 Å². The number of carbonyl (C=O) groups is 2. The van der Waals surface area contributed by atoms with Gasteiger partial charge in [0, 0.05) is 38.7 Å². The lowest BCUT2D eigenvalue weighted by Crippen LogP contribution is -2.47. The number of piperazine rings is 1. The Bertz CT molecular complexity index is 954. The summed E-state index contributed by atoms with van der Waals surface area (Å²) < 4.78 is 5.27. The number of benzene rings is 1. The highest BCUT2D eigenvalue weighted by Gasteiger charge is 2.24. The first-order chi connectivity index (χ1) is 16.0. The summed E-state index contributed by atoms with van der Waals surface area (Å²) in [6.45, 7) is 2.59. The SMILES string of the molecule is O=C1OCCC=CCCC=CC(=NOCC(=O)N2CCNCC2)Cc2c(Cl)c(O)cc(O)c21. The van der Waals surface area contributed by atoms with Crippen molar-refractivity contribution < 1.29 is 29.4 Å². The van der Waals surface area contributed by atoms with Crippen molar-refractivity contribution in [1.29, 1.82) is 0 Å². The number of rotatable bonds is 3. The van der Waals surface area contributed by atoms with E-state index < -0.39 is 11.7 Å². The summed E-state index contributed by atoms with van der Waals surface area (Å²) in [6.07, 6.45) is 9.55. The van der Waals surface area contributed by atoms with Crippen LogP contribution in [-0.4, -0.2) is 72.1 Å². The average Bonchev–Trinajstić information content (AvgIpc) is 2.80. The number of aromatic hydroxyl groups is 2. The number of phenolic OH excluding ortho intramolecular Hbond substituents is 2. The topological polar surface area (TPSA) is 121 Å². The fraction of sp³-hybridized carbons (Fsp3) is 0.435. The molecule has 0 spiro atoms. The molecule has 0 aromatic heterocycles. The van der Waals surface area contributed by atoms with Gasteiger partial charge in [-0.25, -0.2) is 4.79 Å². The highest BCUT2D eigenvalue weighted by Crippen LogP contribution is 2.37. The minimum atomic E-state index is -0.756. The lowest BCUT2D eigenvalue weighted by molar-refractivity contribution is -0.136. The Morgan fingerprint density at radius 3 is 2.67 bits per heavy atom. The van der Waals surface area contributed by atoms with Crippen LogP contribution in [0.25, 0.3) is 0 Å². The number of hydrogen-bond donors (Lipinski definition) is 3. The zero-order chi connectivity index (χ0) is 23.6. The Morgan fingerprint density at radius 1 is 1.15 bits per heavy atom. The molecule has 1 fully saturated rings. The van der Waals surface area contributed by atoms with E-state index in [2.05, 4.69) is 10.5 Å². The lowest BCUT2D eigenvalue weighted by Gasteiger charge is -2.26. The van der Waals surface area contributed by atoms with Gasteiger partial charge in [-0.1, -0.05) is 35.0 Å². The fourth-order valence-electron chi connectivity index (χ4n) is 3.50. The molecule has 0 atom stereocenters. The zero-order valence-electron chi connectivity index (χ0n) is 18.3. The molecule has 9 nitrogen and oxygen atoms in total. The number of esters is 1. The van der Waals surface area contributed by atoms with E-state index in [0.717, 1.165) is 32.0 Å². The van der Waals surface area contributed by atoms with Crippen LogP contribution in [0.3, 0.4) is 0 Å². The van der Waals surface area contributed by atoms with E-state index in [-0.39, 0.29) is 47.4 Å². The molecule has 0 aliphatic carbocycles. The van der Waals surface area contributed by atoms with E-state index in [1.165, 1.54) is 0 Å². The van der Waals surface area contributed by atoms with Crippen LogP contribution in [-0.2, 0) is 20.8 Å². The lowest BCUT2D eigenvalue weighted by atomic mass is 9.99. The second-order valence-electron chi connectivity index (χ2n) is 7.62. The number of cyclic esters (lactones) is 1. The third-order valence-electron chi connectivity index (χ3n) is 5.22. The summed E-state index contributed by atoms with van der Waals surface area (Å²) in [7, 11) is 0. The van der Waals surface area contributed by atoms with Gasteiger partial charge in [-0.05, 0) is 30.9 Å². The first-order valence-corrected chi connectivity index (χ1v) is 11.2.